The highest BCUT2D eigenvalue weighted by atomic mass is 16.4. The molecular formula is C22H36O2. The predicted molar refractivity (Wildman–Crippen MR) is 105 cm³/mol. The van der Waals surface area contributed by atoms with Crippen LogP contribution in [0.25, 0.3) is 0 Å². The quantitative estimate of drug-likeness (QED) is 0.244. The van der Waals surface area contributed by atoms with Gasteiger partial charge in [0.2, 0.25) is 0 Å². The maximum absolute atomic E-state index is 10.3. The number of unbranched alkanes of at least 4 members (excludes halogenated alkanes) is 6. The van der Waals surface area contributed by atoms with Crippen molar-refractivity contribution in [3.63, 3.8) is 0 Å². The average molecular weight is 333 g/mol. The van der Waals surface area contributed by atoms with Crippen LogP contribution in [0.5, 0.6) is 0 Å². The molecule has 0 aromatic heterocycles. The standard InChI is InChI=1S/C22H36O2/c1-2-3-4-5-6-7-8-9-10-11-12-13-14-15-16-17-18-19-20-21-22(23)24/h3-4,7-8,13-14,18-19H,2,5-6,9-12,15-17,20-21H2,1H3,(H,23,24). The number of carboxylic acids is 1. The van der Waals surface area contributed by atoms with Gasteiger partial charge in [-0.25, -0.2) is 0 Å². The zero-order chi connectivity index (χ0) is 17.7. The third-order valence-corrected chi connectivity index (χ3v) is 3.66. The van der Waals surface area contributed by atoms with Crippen LogP contribution >= 0.6 is 0 Å². The zero-order valence-corrected chi connectivity index (χ0v) is 15.5. The lowest BCUT2D eigenvalue weighted by Crippen LogP contribution is -1.91. The molecule has 0 bridgehead atoms. The summed E-state index contributed by atoms with van der Waals surface area (Å²) in [4.78, 5) is 10.3. The summed E-state index contributed by atoms with van der Waals surface area (Å²) >= 11 is 0. The van der Waals surface area contributed by atoms with Gasteiger partial charge in [-0.1, -0.05) is 55.5 Å². The molecular weight excluding hydrogens is 296 g/mol. The molecule has 2 nitrogen and oxygen atoms in total. The van der Waals surface area contributed by atoms with E-state index < -0.39 is 5.97 Å². The minimum Gasteiger partial charge on any atom is -0.481 e. The van der Waals surface area contributed by atoms with Crippen LogP contribution in [-0.4, -0.2) is 11.1 Å². The number of carboxylic acid groups (broad SMARTS) is 1. The van der Waals surface area contributed by atoms with Gasteiger partial charge in [0.15, 0.2) is 0 Å². The van der Waals surface area contributed by atoms with Crippen molar-refractivity contribution in [2.24, 2.45) is 0 Å². The van der Waals surface area contributed by atoms with Gasteiger partial charge in [-0.05, 0) is 70.6 Å². The summed E-state index contributed by atoms with van der Waals surface area (Å²) in [5.41, 5.74) is 0. The second-order valence-electron chi connectivity index (χ2n) is 6.02. The van der Waals surface area contributed by atoms with Gasteiger partial charge in [0.25, 0.3) is 0 Å². The van der Waals surface area contributed by atoms with Crippen molar-refractivity contribution in [3.8, 4) is 0 Å². The highest BCUT2D eigenvalue weighted by Gasteiger charge is 1.91. The van der Waals surface area contributed by atoms with Crippen LogP contribution in [0.2, 0.25) is 0 Å². The minimum atomic E-state index is -0.720. The second-order valence-corrected chi connectivity index (χ2v) is 6.02. The molecule has 0 aromatic carbocycles. The summed E-state index contributed by atoms with van der Waals surface area (Å²) in [6.45, 7) is 2.17. The SMILES string of the molecule is CCC=CCCC=CCCCCC=CCCCC=CCCC(=O)O. The van der Waals surface area contributed by atoms with Gasteiger partial charge in [0, 0.05) is 6.42 Å². The summed E-state index contributed by atoms with van der Waals surface area (Å²) in [6, 6.07) is 0. The van der Waals surface area contributed by atoms with Crippen molar-refractivity contribution in [1.82, 2.24) is 0 Å². The molecule has 0 aliphatic heterocycles. The van der Waals surface area contributed by atoms with E-state index in [0.717, 1.165) is 25.7 Å². The molecule has 0 amide bonds. The van der Waals surface area contributed by atoms with E-state index in [1.165, 1.54) is 38.5 Å². The van der Waals surface area contributed by atoms with E-state index in [1.807, 2.05) is 6.08 Å². The molecule has 0 saturated heterocycles. The molecule has 0 spiro atoms. The van der Waals surface area contributed by atoms with E-state index >= 15 is 0 Å². The van der Waals surface area contributed by atoms with Crippen molar-refractivity contribution in [1.29, 1.82) is 0 Å². The summed E-state index contributed by atoms with van der Waals surface area (Å²) in [7, 11) is 0. The van der Waals surface area contributed by atoms with E-state index in [4.69, 9.17) is 5.11 Å². The summed E-state index contributed by atoms with van der Waals surface area (Å²) < 4.78 is 0. The fraction of sp³-hybridized carbons (Fsp3) is 0.591. The highest BCUT2D eigenvalue weighted by Crippen LogP contribution is 2.05. The Hall–Kier alpha value is -1.57. The molecule has 0 heterocycles. The normalized spacial score (nSPS) is 12.4. The Morgan fingerprint density at radius 3 is 1.54 bits per heavy atom. The molecule has 0 unspecified atom stereocenters. The van der Waals surface area contributed by atoms with Crippen LogP contribution in [0.15, 0.2) is 48.6 Å². The van der Waals surface area contributed by atoms with Gasteiger partial charge < -0.3 is 5.11 Å². The zero-order valence-electron chi connectivity index (χ0n) is 15.5. The maximum Gasteiger partial charge on any atom is 0.303 e. The summed E-state index contributed by atoms with van der Waals surface area (Å²) in [6.07, 6.45) is 30.4. The summed E-state index contributed by atoms with van der Waals surface area (Å²) in [5, 5.41) is 8.51. The molecule has 0 radical (unpaired) electrons. The molecule has 0 fully saturated rings. The first-order chi connectivity index (χ1) is 11.8. The van der Waals surface area contributed by atoms with Crippen LogP contribution in [0.4, 0.5) is 0 Å². The Kier molecular flexibility index (Phi) is 18.2. The Bertz CT molecular complexity index is 389. The van der Waals surface area contributed by atoms with Crippen molar-refractivity contribution < 1.29 is 9.90 Å². The Morgan fingerprint density at radius 2 is 1.04 bits per heavy atom. The lowest BCUT2D eigenvalue weighted by Gasteiger charge is -1.94. The van der Waals surface area contributed by atoms with Crippen LogP contribution in [-0.2, 0) is 4.79 Å². The molecule has 0 aromatic rings. The molecule has 0 saturated carbocycles. The first kappa shape index (κ1) is 22.4. The number of rotatable bonds is 16. The molecule has 0 aliphatic rings. The number of aliphatic carboxylic acids is 1. The fourth-order valence-electron chi connectivity index (χ4n) is 2.27. The molecule has 136 valence electrons. The molecule has 0 rings (SSSR count). The van der Waals surface area contributed by atoms with Crippen molar-refractivity contribution in [2.45, 2.75) is 84.0 Å². The van der Waals surface area contributed by atoms with E-state index in [1.54, 1.807) is 0 Å². The number of hydrogen-bond acceptors (Lipinski definition) is 1. The van der Waals surface area contributed by atoms with Crippen molar-refractivity contribution in [3.05, 3.63) is 48.6 Å². The van der Waals surface area contributed by atoms with Gasteiger partial charge in [0.05, 0.1) is 0 Å². The average Bonchev–Trinajstić information content (AvgIpc) is 2.56. The lowest BCUT2D eigenvalue weighted by molar-refractivity contribution is -0.136. The van der Waals surface area contributed by atoms with Crippen LogP contribution in [0, 0.1) is 0 Å². The maximum atomic E-state index is 10.3. The topological polar surface area (TPSA) is 37.3 Å². The van der Waals surface area contributed by atoms with E-state index in [2.05, 4.69) is 49.5 Å². The number of allylic oxidation sites excluding steroid dienone is 8. The first-order valence-electron chi connectivity index (χ1n) is 9.59. The Balaban J connectivity index is 3.28. The Labute approximate surface area is 149 Å². The lowest BCUT2D eigenvalue weighted by atomic mass is 10.1. The van der Waals surface area contributed by atoms with E-state index in [-0.39, 0.29) is 6.42 Å². The molecule has 2 heteroatoms. The van der Waals surface area contributed by atoms with Crippen molar-refractivity contribution >= 4 is 5.97 Å². The smallest absolute Gasteiger partial charge is 0.303 e. The molecule has 24 heavy (non-hydrogen) atoms. The molecule has 0 atom stereocenters. The van der Waals surface area contributed by atoms with Crippen molar-refractivity contribution in [2.75, 3.05) is 0 Å². The highest BCUT2D eigenvalue weighted by molar-refractivity contribution is 5.66. The van der Waals surface area contributed by atoms with E-state index in [9.17, 15) is 4.79 Å². The number of hydrogen-bond donors (Lipinski definition) is 1. The van der Waals surface area contributed by atoms with Gasteiger partial charge in [-0.15, -0.1) is 0 Å². The van der Waals surface area contributed by atoms with E-state index in [0.29, 0.717) is 6.42 Å². The van der Waals surface area contributed by atoms with Crippen LogP contribution in [0.1, 0.15) is 84.0 Å². The second kappa shape index (κ2) is 19.5. The Morgan fingerprint density at radius 1 is 0.625 bits per heavy atom. The monoisotopic (exact) mass is 332 g/mol. The minimum absolute atomic E-state index is 0.238. The summed E-state index contributed by atoms with van der Waals surface area (Å²) in [5.74, 6) is -0.720. The van der Waals surface area contributed by atoms with Crippen LogP contribution in [0.3, 0.4) is 0 Å². The molecule has 0 aliphatic carbocycles. The molecule has 1 N–H and O–H groups in total. The third-order valence-electron chi connectivity index (χ3n) is 3.66. The largest absolute Gasteiger partial charge is 0.481 e. The van der Waals surface area contributed by atoms with Gasteiger partial charge in [-0.2, -0.15) is 0 Å². The van der Waals surface area contributed by atoms with Gasteiger partial charge >= 0.3 is 5.97 Å². The number of carbonyl (C=O) groups is 1. The van der Waals surface area contributed by atoms with Crippen LogP contribution < -0.4 is 0 Å². The predicted octanol–water partition coefficient (Wildman–Crippen LogP) is 7.00. The fourth-order valence-corrected chi connectivity index (χ4v) is 2.27. The first-order valence-corrected chi connectivity index (χ1v) is 9.59. The van der Waals surface area contributed by atoms with Gasteiger partial charge in [0.1, 0.15) is 0 Å². The van der Waals surface area contributed by atoms with Gasteiger partial charge in [-0.3, -0.25) is 4.79 Å². The third kappa shape index (κ3) is 20.4.